The molecule has 2 aliphatic heterocycles. The zero-order valence-corrected chi connectivity index (χ0v) is 14.8. The van der Waals surface area contributed by atoms with Crippen LogP contribution >= 0.6 is 0 Å². The third kappa shape index (κ3) is 3.48. The fourth-order valence-corrected chi connectivity index (χ4v) is 3.45. The number of para-hydroxylation sites is 1. The van der Waals surface area contributed by atoms with E-state index in [4.69, 9.17) is 14.0 Å². The van der Waals surface area contributed by atoms with E-state index in [1.807, 2.05) is 19.1 Å². The number of aryl methyl sites for hydroxylation is 1. The monoisotopic (exact) mass is 344 g/mol. The van der Waals surface area contributed by atoms with Crippen molar-refractivity contribution in [1.29, 1.82) is 0 Å². The Hall–Kier alpha value is -2.12. The van der Waals surface area contributed by atoms with E-state index in [1.54, 1.807) is 0 Å². The fraction of sp³-hybridized carbons (Fsp3) is 0.556. The van der Waals surface area contributed by atoms with Crippen molar-refractivity contribution in [3.05, 3.63) is 35.5 Å². The molecule has 0 amide bonds. The molecule has 0 bridgehead atoms. The number of benzene rings is 1. The maximum absolute atomic E-state index is 5.83. The molecular weight excluding hydrogens is 320 g/mol. The van der Waals surface area contributed by atoms with Crippen LogP contribution in [0.1, 0.15) is 30.2 Å². The zero-order chi connectivity index (χ0) is 17.2. The Balaban J connectivity index is 1.36. The third-order valence-electron chi connectivity index (χ3n) is 4.90. The Kier molecular flexibility index (Phi) is 4.59. The number of fused-ring (bicyclic) bond motifs is 1. The molecule has 1 atom stereocenters. The van der Waals surface area contributed by atoms with Gasteiger partial charge in [0, 0.05) is 38.3 Å². The SMILES string of the molecule is Cc1noc([C@H](C)N2CCN(Cc3cccc4c3OCCO4)CC2)n1. The molecule has 1 aromatic carbocycles. The van der Waals surface area contributed by atoms with Gasteiger partial charge in [0.05, 0.1) is 6.04 Å². The number of piperazine rings is 1. The second kappa shape index (κ2) is 7.01. The molecule has 2 aliphatic rings. The van der Waals surface area contributed by atoms with Crippen molar-refractivity contribution in [1.82, 2.24) is 19.9 Å². The van der Waals surface area contributed by atoms with Crippen molar-refractivity contribution in [2.24, 2.45) is 0 Å². The van der Waals surface area contributed by atoms with E-state index >= 15 is 0 Å². The van der Waals surface area contributed by atoms with E-state index in [-0.39, 0.29) is 6.04 Å². The average Bonchev–Trinajstić information content (AvgIpc) is 3.08. The largest absolute Gasteiger partial charge is 0.486 e. The molecule has 134 valence electrons. The lowest BCUT2D eigenvalue weighted by molar-refractivity contribution is 0.0832. The van der Waals surface area contributed by atoms with Gasteiger partial charge in [0.15, 0.2) is 17.3 Å². The summed E-state index contributed by atoms with van der Waals surface area (Å²) in [7, 11) is 0. The van der Waals surface area contributed by atoms with Gasteiger partial charge in [-0.1, -0.05) is 17.3 Å². The molecule has 0 radical (unpaired) electrons. The Morgan fingerprint density at radius 3 is 2.68 bits per heavy atom. The predicted molar refractivity (Wildman–Crippen MR) is 91.7 cm³/mol. The van der Waals surface area contributed by atoms with Gasteiger partial charge < -0.3 is 14.0 Å². The van der Waals surface area contributed by atoms with Gasteiger partial charge >= 0.3 is 0 Å². The quantitative estimate of drug-likeness (QED) is 0.841. The van der Waals surface area contributed by atoms with E-state index in [0.717, 1.165) is 44.2 Å². The van der Waals surface area contributed by atoms with Gasteiger partial charge in [-0.25, -0.2) is 0 Å². The van der Waals surface area contributed by atoms with Gasteiger partial charge in [0.25, 0.3) is 0 Å². The molecule has 2 aromatic rings. The maximum Gasteiger partial charge on any atom is 0.243 e. The number of aromatic nitrogens is 2. The zero-order valence-electron chi connectivity index (χ0n) is 14.8. The van der Waals surface area contributed by atoms with E-state index in [1.165, 1.54) is 5.56 Å². The van der Waals surface area contributed by atoms with Crippen LogP contribution in [0.3, 0.4) is 0 Å². The number of nitrogens with zero attached hydrogens (tertiary/aromatic N) is 4. The lowest BCUT2D eigenvalue weighted by Gasteiger charge is -2.37. The number of hydrogen-bond acceptors (Lipinski definition) is 7. The highest BCUT2D eigenvalue weighted by atomic mass is 16.6. The normalized spacial score (nSPS) is 19.8. The highest BCUT2D eigenvalue weighted by Crippen LogP contribution is 2.34. The molecule has 0 aliphatic carbocycles. The summed E-state index contributed by atoms with van der Waals surface area (Å²) in [5.74, 6) is 3.17. The van der Waals surface area contributed by atoms with Crippen LogP contribution in [0.5, 0.6) is 11.5 Å². The molecular formula is C18H24N4O3. The van der Waals surface area contributed by atoms with Crippen molar-refractivity contribution in [3.8, 4) is 11.5 Å². The van der Waals surface area contributed by atoms with Crippen molar-refractivity contribution >= 4 is 0 Å². The predicted octanol–water partition coefficient (Wildman–Crippen LogP) is 2.03. The van der Waals surface area contributed by atoms with Crippen LogP contribution in [-0.4, -0.2) is 59.3 Å². The standard InChI is InChI=1S/C18H24N4O3/c1-13(18-19-14(2)20-25-18)22-8-6-21(7-9-22)12-15-4-3-5-16-17(15)24-11-10-23-16/h3-5,13H,6-12H2,1-2H3/t13-/m0/s1. The third-order valence-corrected chi connectivity index (χ3v) is 4.90. The van der Waals surface area contributed by atoms with Gasteiger partial charge in [-0.2, -0.15) is 4.98 Å². The summed E-state index contributed by atoms with van der Waals surface area (Å²) < 4.78 is 16.8. The first-order valence-corrected chi connectivity index (χ1v) is 8.85. The van der Waals surface area contributed by atoms with Crippen LogP contribution < -0.4 is 9.47 Å². The van der Waals surface area contributed by atoms with Crippen LogP contribution in [0.25, 0.3) is 0 Å². The second-order valence-corrected chi connectivity index (χ2v) is 6.61. The summed E-state index contributed by atoms with van der Waals surface area (Å²) in [6.45, 7) is 10.1. The van der Waals surface area contributed by atoms with Gasteiger partial charge in [-0.15, -0.1) is 0 Å². The van der Waals surface area contributed by atoms with Gasteiger partial charge in [0.2, 0.25) is 5.89 Å². The van der Waals surface area contributed by atoms with Crippen molar-refractivity contribution in [2.75, 3.05) is 39.4 Å². The van der Waals surface area contributed by atoms with Crippen LogP contribution in [0, 0.1) is 6.92 Å². The fourth-order valence-electron chi connectivity index (χ4n) is 3.45. The molecule has 25 heavy (non-hydrogen) atoms. The summed E-state index contributed by atoms with van der Waals surface area (Å²) in [5.41, 5.74) is 1.20. The molecule has 7 heteroatoms. The van der Waals surface area contributed by atoms with Gasteiger partial charge in [0.1, 0.15) is 13.2 Å². The highest BCUT2D eigenvalue weighted by molar-refractivity contribution is 5.47. The molecule has 1 fully saturated rings. The van der Waals surface area contributed by atoms with Crippen LogP contribution in [0.4, 0.5) is 0 Å². The van der Waals surface area contributed by atoms with E-state index in [9.17, 15) is 0 Å². The topological polar surface area (TPSA) is 63.9 Å². The Morgan fingerprint density at radius 2 is 1.92 bits per heavy atom. The summed E-state index contributed by atoms with van der Waals surface area (Å²) in [5, 5.41) is 3.90. The van der Waals surface area contributed by atoms with Crippen LogP contribution in [-0.2, 0) is 6.54 Å². The molecule has 0 N–H and O–H groups in total. The first kappa shape index (κ1) is 16.4. The molecule has 4 rings (SSSR count). The summed E-state index contributed by atoms with van der Waals surface area (Å²) in [4.78, 5) is 9.20. The number of rotatable bonds is 4. The first-order valence-electron chi connectivity index (χ1n) is 8.85. The molecule has 0 spiro atoms. The number of hydrogen-bond donors (Lipinski definition) is 0. The molecule has 1 aromatic heterocycles. The molecule has 1 saturated heterocycles. The lowest BCUT2D eigenvalue weighted by atomic mass is 10.1. The lowest BCUT2D eigenvalue weighted by Crippen LogP contribution is -2.46. The maximum atomic E-state index is 5.83. The summed E-state index contributed by atoms with van der Waals surface area (Å²) >= 11 is 0. The van der Waals surface area contributed by atoms with Crippen LogP contribution in [0.2, 0.25) is 0 Å². The molecule has 0 unspecified atom stereocenters. The van der Waals surface area contributed by atoms with E-state index in [0.29, 0.717) is 24.9 Å². The van der Waals surface area contributed by atoms with Crippen molar-refractivity contribution in [3.63, 3.8) is 0 Å². The summed E-state index contributed by atoms with van der Waals surface area (Å²) in [6.07, 6.45) is 0. The second-order valence-electron chi connectivity index (χ2n) is 6.61. The van der Waals surface area contributed by atoms with E-state index in [2.05, 4.69) is 32.9 Å². The minimum atomic E-state index is 0.157. The summed E-state index contributed by atoms with van der Waals surface area (Å²) in [6, 6.07) is 6.30. The highest BCUT2D eigenvalue weighted by Gasteiger charge is 2.26. The van der Waals surface area contributed by atoms with E-state index < -0.39 is 0 Å². The van der Waals surface area contributed by atoms with Gasteiger partial charge in [-0.05, 0) is 19.9 Å². The molecule has 3 heterocycles. The Bertz CT molecular complexity index is 725. The smallest absolute Gasteiger partial charge is 0.243 e. The Labute approximate surface area is 147 Å². The Morgan fingerprint density at radius 1 is 1.12 bits per heavy atom. The minimum absolute atomic E-state index is 0.157. The molecule has 0 saturated carbocycles. The van der Waals surface area contributed by atoms with Gasteiger partial charge in [-0.3, -0.25) is 9.80 Å². The number of ether oxygens (including phenoxy) is 2. The van der Waals surface area contributed by atoms with Crippen molar-refractivity contribution in [2.45, 2.75) is 26.4 Å². The van der Waals surface area contributed by atoms with Crippen molar-refractivity contribution < 1.29 is 14.0 Å². The van der Waals surface area contributed by atoms with Crippen LogP contribution in [0.15, 0.2) is 22.7 Å². The first-order chi connectivity index (χ1) is 12.2. The minimum Gasteiger partial charge on any atom is -0.486 e. The molecule has 7 nitrogen and oxygen atoms in total. The average molecular weight is 344 g/mol.